The van der Waals surface area contributed by atoms with Gasteiger partial charge in [-0.1, -0.05) is 19.3 Å². The number of aliphatic hydroxyl groups is 1. The van der Waals surface area contributed by atoms with Gasteiger partial charge in [-0.2, -0.15) is 0 Å². The van der Waals surface area contributed by atoms with Crippen LogP contribution in [0.3, 0.4) is 0 Å². The molecule has 2 unspecified atom stereocenters. The van der Waals surface area contributed by atoms with E-state index in [9.17, 15) is 9.90 Å². The van der Waals surface area contributed by atoms with Crippen LogP contribution >= 0.6 is 0 Å². The zero-order valence-corrected chi connectivity index (χ0v) is 11.3. The molecule has 0 spiro atoms. The van der Waals surface area contributed by atoms with Crippen molar-refractivity contribution >= 4 is 6.03 Å². The molecule has 0 heterocycles. The smallest absolute Gasteiger partial charge is 0.315 e. The summed E-state index contributed by atoms with van der Waals surface area (Å²) in [5.74, 6) is 0.211. The highest BCUT2D eigenvalue weighted by Crippen LogP contribution is 2.23. The van der Waals surface area contributed by atoms with E-state index in [1.54, 1.807) is 0 Å². The van der Waals surface area contributed by atoms with Gasteiger partial charge in [0.25, 0.3) is 0 Å². The van der Waals surface area contributed by atoms with E-state index in [4.69, 9.17) is 0 Å². The molecular formula is C13H26N2O2. The van der Waals surface area contributed by atoms with Crippen molar-refractivity contribution < 1.29 is 9.90 Å². The molecule has 1 saturated carbocycles. The summed E-state index contributed by atoms with van der Waals surface area (Å²) >= 11 is 0. The third-order valence-corrected chi connectivity index (χ3v) is 3.20. The van der Waals surface area contributed by atoms with Crippen LogP contribution in [0.15, 0.2) is 0 Å². The van der Waals surface area contributed by atoms with Gasteiger partial charge >= 0.3 is 6.03 Å². The van der Waals surface area contributed by atoms with Gasteiger partial charge in [0.2, 0.25) is 0 Å². The molecule has 0 saturated heterocycles. The largest absolute Gasteiger partial charge is 0.396 e. The van der Waals surface area contributed by atoms with Gasteiger partial charge in [-0.15, -0.1) is 0 Å². The molecule has 2 atom stereocenters. The Balaban J connectivity index is 2.49. The second kappa shape index (κ2) is 6.24. The van der Waals surface area contributed by atoms with E-state index < -0.39 is 0 Å². The highest BCUT2D eigenvalue weighted by molar-refractivity contribution is 5.75. The average Bonchev–Trinajstić information content (AvgIpc) is 2.39. The van der Waals surface area contributed by atoms with Crippen LogP contribution in [-0.2, 0) is 0 Å². The number of rotatable bonds is 2. The number of hydrogen-bond acceptors (Lipinski definition) is 2. The Kier molecular flexibility index (Phi) is 5.25. The summed E-state index contributed by atoms with van der Waals surface area (Å²) in [6.45, 7) is 6.05. The minimum absolute atomic E-state index is 0.116. The van der Waals surface area contributed by atoms with Gasteiger partial charge in [0.1, 0.15) is 0 Å². The molecular weight excluding hydrogens is 216 g/mol. The fourth-order valence-corrected chi connectivity index (χ4v) is 2.34. The molecule has 3 N–H and O–H groups in total. The van der Waals surface area contributed by atoms with Crippen LogP contribution in [0.5, 0.6) is 0 Å². The minimum atomic E-state index is -0.219. The minimum Gasteiger partial charge on any atom is -0.396 e. The van der Waals surface area contributed by atoms with Crippen molar-refractivity contribution in [3.05, 3.63) is 0 Å². The average molecular weight is 242 g/mol. The molecule has 1 fully saturated rings. The van der Waals surface area contributed by atoms with Crippen molar-refractivity contribution in [3.63, 3.8) is 0 Å². The van der Waals surface area contributed by atoms with E-state index in [1.807, 2.05) is 20.8 Å². The zero-order chi connectivity index (χ0) is 12.9. The number of carbonyl (C=O) groups excluding carboxylic acids is 1. The first kappa shape index (κ1) is 14.3. The first-order chi connectivity index (χ1) is 7.92. The van der Waals surface area contributed by atoms with Gasteiger partial charge in [0, 0.05) is 24.1 Å². The number of amides is 2. The quantitative estimate of drug-likeness (QED) is 0.649. The Morgan fingerprint density at radius 2 is 1.88 bits per heavy atom. The van der Waals surface area contributed by atoms with Crippen LogP contribution in [0.2, 0.25) is 0 Å². The third-order valence-electron chi connectivity index (χ3n) is 3.20. The first-order valence-corrected chi connectivity index (χ1v) is 6.62. The topological polar surface area (TPSA) is 61.4 Å². The van der Waals surface area contributed by atoms with E-state index in [0.717, 1.165) is 25.7 Å². The molecule has 4 nitrogen and oxygen atoms in total. The van der Waals surface area contributed by atoms with Gasteiger partial charge in [-0.25, -0.2) is 4.79 Å². The van der Waals surface area contributed by atoms with Crippen molar-refractivity contribution in [2.45, 2.75) is 64.5 Å². The zero-order valence-electron chi connectivity index (χ0n) is 11.3. The molecule has 0 aromatic rings. The predicted molar refractivity (Wildman–Crippen MR) is 68.9 cm³/mol. The van der Waals surface area contributed by atoms with Crippen molar-refractivity contribution in [1.29, 1.82) is 0 Å². The fraction of sp³-hybridized carbons (Fsp3) is 0.923. The van der Waals surface area contributed by atoms with Gasteiger partial charge in [0.15, 0.2) is 0 Å². The molecule has 17 heavy (non-hydrogen) atoms. The van der Waals surface area contributed by atoms with E-state index >= 15 is 0 Å². The number of carbonyl (C=O) groups is 1. The van der Waals surface area contributed by atoms with Crippen molar-refractivity contribution in [2.24, 2.45) is 5.92 Å². The molecule has 0 bridgehead atoms. The normalized spacial score (nSPS) is 26.1. The van der Waals surface area contributed by atoms with Crippen LogP contribution in [0.4, 0.5) is 4.79 Å². The van der Waals surface area contributed by atoms with Crippen LogP contribution in [0.25, 0.3) is 0 Å². The number of hydrogen-bond donors (Lipinski definition) is 3. The maximum atomic E-state index is 11.8. The number of urea groups is 1. The standard InChI is InChI=1S/C13H26N2O2/c1-13(2,3)15-12(17)14-11-8-6-4-5-7-10(11)9-16/h10-11,16H,4-9H2,1-3H3,(H2,14,15,17). The summed E-state index contributed by atoms with van der Waals surface area (Å²) < 4.78 is 0. The lowest BCUT2D eigenvalue weighted by atomic mass is 9.96. The van der Waals surface area contributed by atoms with E-state index in [-0.39, 0.29) is 30.1 Å². The van der Waals surface area contributed by atoms with E-state index in [2.05, 4.69) is 10.6 Å². The summed E-state index contributed by atoms with van der Waals surface area (Å²) in [6, 6.07) is -0.00676. The molecule has 0 aromatic carbocycles. The Bertz CT molecular complexity index is 248. The van der Waals surface area contributed by atoms with Gasteiger partial charge in [-0.3, -0.25) is 0 Å². The molecule has 100 valence electrons. The monoisotopic (exact) mass is 242 g/mol. The maximum absolute atomic E-state index is 11.8. The fourth-order valence-electron chi connectivity index (χ4n) is 2.34. The third kappa shape index (κ3) is 5.39. The number of nitrogens with one attached hydrogen (secondary N) is 2. The molecule has 0 aliphatic heterocycles. The summed E-state index contributed by atoms with van der Waals surface area (Å²) in [6.07, 6.45) is 5.48. The molecule has 4 heteroatoms. The summed E-state index contributed by atoms with van der Waals surface area (Å²) in [7, 11) is 0. The van der Waals surface area contributed by atoms with E-state index in [0.29, 0.717) is 0 Å². The lowest BCUT2D eigenvalue weighted by Crippen LogP contribution is -2.51. The Hall–Kier alpha value is -0.770. The maximum Gasteiger partial charge on any atom is 0.315 e. The molecule has 1 aliphatic carbocycles. The molecule has 1 rings (SSSR count). The van der Waals surface area contributed by atoms with E-state index in [1.165, 1.54) is 6.42 Å². The van der Waals surface area contributed by atoms with Crippen LogP contribution < -0.4 is 10.6 Å². The summed E-state index contributed by atoms with van der Waals surface area (Å²) in [5.41, 5.74) is -0.219. The molecule has 0 aromatic heterocycles. The van der Waals surface area contributed by atoms with Crippen LogP contribution in [0, 0.1) is 5.92 Å². The van der Waals surface area contributed by atoms with Gasteiger partial charge < -0.3 is 15.7 Å². The summed E-state index contributed by atoms with van der Waals surface area (Å²) in [4.78, 5) is 11.8. The van der Waals surface area contributed by atoms with Crippen LogP contribution in [0.1, 0.15) is 52.9 Å². The lowest BCUT2D eigenvalue weighted by Gasteiger charge is -2.27. The number of aliphatic hydroxyl groups excluding tert-OH is 1. The van der Waals surface area contributed by atoms with Crippen molar-refractivity contribution in [2.75, 3.05) is 6.61 Å². The van der Waals surface area contributed by atoms with Crippen LogP contribution in [-0.4, -0.2) is 29.3 Å². The highest BCUT2D eigenvalue weighted by Gasteiger charge is 2.25. The van der Waals surface area contributed by atoms with Gasteiger partial charge in [-0.05, 0) is 33.6 Å². The predicted octanol–water partition coefficient (Wildman–Crippen LogP) is 2.03. The Morgan fingerprint density at radius 3 is 2.47 bits per heavy atom. The Labute approximate surface area is 104 Å². The first-order valence-electron chi connectivity index (χ1n) is 6.62. The highest BCUT2D eigenvalue weighted by atomic mass is 16.3. The van der Waals surface area contributed by atoms with Crippen molar-refractivity contribution in [1.82, 2.24) is 10.6 Å². The molecule has 0 radical (unpaired) electrons. The second-order valence-electron chi connectivity index (χ2n) is 6.04. The SMILES string of the molecule is CC(C)(C)NC(=O)NC1CCCCCC1CO. The summed E-state index contributed by atoms with van der Waals surface area (Å²) in [5, 5.41) is 15.3. The lowest BCUT2D eigenvalue weighted by molar-refractivity contribution is 0.177. The molecule has 2 amide bonds. The molecule has 1 aliphatic rings. The van der Waals surface area contributed by atoms with Crippen molar-refractivity contribution in [3.8, 4) is 0 Å². The Morgan fingerprint density at radius 1 is 1.24 bits per heavy atom. The van der Waals surface area contributed by atoms with Gasteiger partial charge in [0.05, 0.1) is 0 Å². The second-order valence-corrected chi connectivity index (χ2v) is 6.04.